The molecule has 0 aromatic carbocycles. The van der Waals surface area contributed by atoms with Crippen LogP contribution in [0.15, 0.2) is 6.07 Å². The monoisotopic (exact) mass is 245 g/mol. The van der Waals surface area contributed by atoms with Crippen molar-refractivity contribution in [1.29, 1.82) is 0 Å². The van der Waals surface area contributed by atoms with Crippen LogP contribution in [0.25, 0.3) is 0 Å². The second kappa shape index (κ2) is 3.80. The maximum Gasteiger partial charge on any atom is 0.435 e. The van der Waals surface area contributed by atoms with Crippen molar-refractivity contribution < 1.29 is 27.2 Å². The van der Waals surface area contributed by atoms with Crippen LogP contribution in [0.4, 0.5) is 13.2 Å². The van der Waals surface area contributed by atoms with Crippen LogP contribution in [0.5, 0.6) is 5.88 Å². The Morgan fingerprint density at radius 3 is 2.50 bits per heavy atom. The minimum atomic E-state index is -4.35. The Balaban J connectivity index is 3.11. The number of halogens is 3. The van der Waals surface area contributed by atoms with Gasteiger partial charge in [-0.15, -0.1) is 0 Å². The van der Waals surface area contributed by atoms with Crippen LogP contribution in [0.1, 0.15) is 0 Å². The Morgan fingerprint density at radius 1 is 1.43 bits per heavy atom. The van der Waals surface area contributed by atoms with E-state index in [4.69, 9.17) is 4.89 Å². The van der Waals surface area contributed by atoms with Gasteiger partial charge >= 0.3 is 6.80 Å². The molecule has 0 aliphatic rings. The summed E-state index contributed by atoms with van der Waals surface area (Å²) >= 11 is 3.04. The average molecular weight is 245 g/mol. The molecule has 0 saturated heterocycles. The molecule has 14 heavy (non-hydrogen) atoms. The zero-order valence-electron chi connectivity index (χ0n) is 6.32. The minimum absolute atomic E-state index is 0.140. The van der Waals surface area contributed by atoms with E-state index in [9.17, 15) is 17.7 Å². The molecule has 1 heterocycles. The van der Waals surface area contributed by atoms with E-state index >= 15 is 0 Å². The van der Waals surface area contributed by atoms with E-state index in [2.05, 4.69) is 21.8 Å². The van der Waals surface area contributed by atoms with E-state index in [1.165, 1.54) is 0 Å². The van der Waals surface area contributed by atoms with Crippen molar-refractivity contribution in [1.82, 2.24) is 4.98 Å². The summed E-state index contributed by atoms with van der Waals surface area (Å²) in [6.07, 6.45) is 0. The molecular weight excluding hydrogens is 242 g/mol. The van der Waals surface area contributed by atoms with Crippen LogP contribution in [0.3, 0.4) is 0 Å². The number of hydrogen-bond acceptors (Lipinski definition) is 3. The van der Waals surface area contributed by atoms with Crippen LogP contribution >= 0.6 is 19.0 Å². The molecular formula is C5H3F3NO3PS. The molecule has 0 amide bonds. The Bertz CT molecular complexity index is 409. The summed E-state index contributed by atoms with van der Waals surface area (Å²) in [7, 11) is 0. The van der Waals surface area contributed by atoms with Crippen molar-refractivity contribution in [3.63, 3.8) is 0 Å². The van der Waals surface area contributed by atoms with Gasteiger partial charge in [0, 0.05) is 6.07 Å². The molecule has 0 bridgehead atoms. The molecule has 1 atom stereocenters. The predicted molar refractivity (Wildman–Crippen MR) is 43.6 cm³/mol. The molecule has 1 unspecified atom stereocenters. The molecule has 4 nitrogen and oxygen atoms in total. The molecule has 78 valence electrons. The highest BCUT2D eigenvalue weighted by atomic mass is 32.7. The number of rotatable bonds is 2. The topological polar surface area (TPSA) is 59.4 Å². The molecule has 1 aromatic heterocycles. The summed E-state index contributed by atoms with van der Waals surface area (Å²) in [5.74, 6) is -5.68. The molecule has 0 spiro atoms. The summed E-state index contributed by atoms with van der Waals surface area (Å²) in [4.78, 5) is 11.2. The lowest BCUT2D eigenvalue weighted by Gasteiger charge is -2.06. The maximum absolute atomic E-state index is 12.7. The Morgan fingerprint density at radius 2 is 2.00 bits per heavy atom. The fourth-order valence-corrected chi connectivity index (χ4v) is 1.19. The van der Waals surface area contributed by atoms with Gasteiger partial charge < -0.3 is 9.42 Å². The van der Waals surface area contributed by atoms with Gasteiger partial charge in [0.25, 0.3) is 11.8 Å². The van der Waals surface area contributed by atoms with E-state index in [1.54, 1.807) is 0 Å². The van der Waals surface area contributed by atoms with Crippen molar-refractivity contribution in [3.05, 3.63) is 23.6 Å². The van der Waals surface area contributed by atoms with E-state index in [0.717, 1.165) is 0 Å². The van der Waals surface area contributed by atoms with Gasteiger partial charge in [0.15, 0.2) is 11.6 Å². The molecule has 1 aromatic rings. The Hall–Kier alpha value is -0.720. The molecule has 0 saturated carbocycles. The summed E-state index contributed by atoms with van der Waals surface area (Å²) in [6, 6.07) is 0.140. The molecule has 0 aliphatic carbocycles. The average Bonchev–Trinajstić information content (AvgIpc) is 1.97. The van der Waals surface area contributed by atoms with E-state index in [1.807, 2.05) is 0 Å². The molecule has 0 fully saturated rings. The summed E-state index contributed by atoms with van der Waals surface area (Å²) in [5, 5.41) is 0. The fraction of sp³-hybridized carbons (Fsp3) is 0. The van der Waals surface area contributed by atoms with Crippen molar-refractivity contribution in [2.75, 3.05) is 0 Å². The number of nitrogens with zero attached hydrogens (tertiary/aromatic N) is 1. The Labute approximate surface area is 81.4 Å². The van der Waals surface area contributed by atoms with E-state index in [0.29, 0.717) is 0 Å². The summed E-state index contributed by atoms with van der Waals surface area (Å²) < 4.78 is 51.9. The first-order valence-corrected chi connectivity index (χ1v) is 5.79. The van der Waals surface area contributed by atoms with Gasteiger partial charge in [0.2, 0.25) is 0 Å². The second-order valence-corrected chi connectivity index (χ2v) is 4.81. The molecule has 9 heteroatoms. The summed E-state index contributed by atoms with van der Waals surface area (Å²) in [5.41, 5.74) is 0. The number of pyridine rings is 1. The van der Waals surface area contributed by atoms with Gasteiger partial charge in [-0.05, 0) is 12.2 Å². The van der Waals surface area contributed by atoms with Gasteiger partial charge in [0.1, 0.15) is 0 Å². The van der Waals surface area contributed by atoms with Crippen LogP contribution < -0.4 is 4.52 Å². The van der Waals surface area contributed by atoms with E-state index < -0.39 is 30.3 Å². The van der Waals surface area contributed by atoms with Crippen LogP contribution in [0, 0.1) is 17.6 Å². The van der Waals surface area contributed by atoms with Gasteiger partial charge in [-0.3, -0.25) is 0 Å². The first-order chi connectivity index (χ1) is 6.29. The SMILES string of the molecule is O=P(O)(S)Oc1nc(F)c(F)cc1F. The van der Waals surface area contributed by atoms with Crippen molar-refractivity contribution in [3.8, 4) is 5.88 Å². The molecule has 1 rings (SSSR count). The smallest absolute Gasteiger partial charge is 0.395 e. The third-order valence-corrected chi connectivity index (χ3v) is 1.72. The van der Waals surface area contributed by atoms with Gasteiger partial charge in [-0.25, -0.2) is 13.3 Å². The predicted octanol–water partition coefficient (Wildman–Crippen LogP) is 1.91. The first-order valence-electron chi connectivity index (χ1n) is 3.06. The number of hydrogen-bond donors (Lipinski definition) is 2. The zero-order chi connectivity index (χ0) is 10.9. The maximum atomic E-state index is 12.7. The largest absolute Gasteiger partial charge is 0.435 e. The van der Waals surface area contributed by atoms with Crippen molar-refractivity contribution in [2.24, 2.45) is 0 Å². The highest BCUT2D eigenvalue weighted by Crippen LogP contribution is 2.46. The van der Waals surface area contributed by atoms with Crippen molar-refractivity contribution in [2.45, 2.75) is 0 Å². The standard InChI is InChI=1S/C5H3F3NO3PS/c6-2-1-3(7)5(9-4(2)8)12-13(10,11)14/h1H,(H2,10,11,14). The van der Waals surface area contributed by atoms with Crippen molar-refractivity contribution >= 4 is 19.0 Å². The normalized spacial score (nSPS) is 14.9. The van der Waals surface area contributed by atoms with Gasteiger partial charge in [-0.2, -0.15) is 9.37 Å². The number of thiol groups is 1. The lowest BCUT2D eigenvalue weighted by molar-refractivity contribution is 0.369. The van der Waals surface area contributed by atoms with Gasteiger partial charge in [0.05, 0.1) is 0 Å². The lowest BCUT2D eigenvalue weighted by Crippen LogP contribution is -1.98. The first kappa shape index (κ1) is 11.4. The third-order valence-electron chi connectivity index (χ3n) is 1.06. The number of aromatic nitrogens is 1. The van der Waals surface area contributed by atoms with Gasteiger partial charge in [-0.1, -0.05) is 0 Å². The van der Waals surface area contributed by atoms with Crippen LogP contribution in [0.2, 0.25) is 0 Å². The third kappa shape index (κ3) is 2.90. The highest BCUT2D eigenvalue weighted by Gasteiger charge is 2.20. The molecule has 0 aliphatic heterocycles. The molecule has 0 radical (unpaired) electrons. The van der Waals surface area contributed by atoms with E-state index in [-0.39, 0.29) is 6.07 Å². The molecule has 1 N–H and O–H groups in total. The minimum Gasteiger partial charge on any atom is -0.395 e. The Kier molecular flexibility index (Phi) is 3.08. The highest BCUT2D eigenvalue weighted by molar-refractivity contribution is 8.44. The second-order valence-electron chi connectivity index (χ2n) is 2.13. The zero-order valence-corrected chi connectivity index (χ0v) is 8.11. The lowest BCUT2D eigenvalue weighted by atomic mass is 10.4. The van der Waals surface area contributed by atoms with Crippen LogP contribution in [-0.4, -0.2) is 9.88 Å². The van der Waals surface area contributed by atoms with Crippen LogP contribution in [-0.2, 0) is 4.57 Å². The summed E-state index contributed by atoms with van der Waals surface area (Å²) in [6.45, 7) is -4.35. The quantitative estimate of drug-likeness (QED) is 0.474. The fourth-order valence-electron chi connectivity index (χ4n) is 0.605.